The maximum Gasteiger partial charge on any atom is 0.255 e. The number of hydrogen-bond acceptors (Lipinski definition) is 2. The molecule has 4 heteroatoms. The molecular weight excluding hydrogens is 286 g/mol. The zero-order valence-corrected chi connectivity index (χ0v) is 12.9. The second kappa shape index (κ2) is 5.88. The Hall–Kier alpha value is -2.62. The fraction of sp³-hybridized carbons (Fsp3) is 0.263. The van der Waals surface area contributed by atoms with Crippen LogP contribution in [0.15, 0.2) is 54.9 Å². The molecular formula is C19H19N3O. The lowest BCUT2D eigenvalue weighted by Crippen LogP contribution is -2.39. The highest BCUT2D eigenvalue weighted by Crippen LogP contribution is 2.31. The summed E-state index contributed by atoms with van der Waals surface area (Å²) >= 11 is 0. The van der Waals surface area contributed by atoms with Gasteiger partial charge >= 0.3 is 0 Å². The zero-order valence-electron chi connectivity index (χ0n) is 12.9. The van der Waals surface area contributed by atoms with Gasteiger partial charge in [0.25, 0.3) is 5.91 Å². The number of aromatic amines is 1. The Bertz CT molecular complexity index is 820. The van der Waals surface area contributed by atoms with E-state index in [1.54, 1.807) is 6.20 Å². The molecule has 1 atom stereocenters. The first-order valence-electron chi connectivity index (χ1n) is 8.12. The molecule has 1 aliphatic heterocycles. The smallest absolute Gasteiger partial charge is 0.255 e. The lowest BCUT2D eigenvalue weighted by atomic mass is 9.98. The highest BCUT2D eigenvalue weighted by Gasteiger charge is 2.30. The molecule has 116 valence electrons. The third-order valence-electron chi connectivity index (χ3n) is 4.62. The van der Waals surface area contributed by atoms with E-state index in [1.165, 1.54) is 0 Å². The molecule has 1 N–H and O–H groups in total. The van der Waals surface area contributed by atoms with Gasteiger partial charge in [0.2, 0.25) is 0 Å². The van der Waals surface area contributed by atoms with Gasteiger partial charge in [-0.15, -0.1) is 0 Å². The van der Waals surface area contributed by atoms with Crippen LogP contribution < -0.4 is 0 Å². The number of nitrogens with zero attached hydrogens (tertiary/aromatic N) is 2. The molecule has 1 fully saturated rings. The Morgan fingerprint density at radius 1 is 1.13 bits per heavy atom. The molecule has 4 rings (SSSR count). The number of hydrogen-bond donors (Lipinski definition) is 1. The fourth-order valence-corrected chi connectivity index (χ4v) is 3.49. The van der Waals surface area contributed by atoms with Gasteiger partial charge in [0, 0.05) is 24.5 Å². The minimum Gasteiger partial charge on any atom is -0.347 e. The fourth-order valence-electron chi connectivity index (χ4n) is 3.49. The number of rotatable bonds is 2. The number of fused-ring (bicyclic) bond motifs is 1. The third-order valence-corrected chi connectivity index (χ3v) is 4.62. The quantitative estimate of drug-likeness (QED) is 0.780. The number of carbonyl (C=O) groups excluding carboxylic acids is 1. The minimum absolute atomic E-state index is 0.0465. The number of nitrogens with one attached hydrogen (secondary N) is 1. The van der Waals surface area contributed by atoms with Crippen molar-refractivity contribution in [2.75, 3.05) is 6.54 Å². The third kappa shape index (κ3) is 2.50. The average Bonchev–Trinajstić information content (AvgIpc) is 3.15. The number of H-pyrrole nitrogens is 1. The van der Waals surface area contributed by atoms with Crippen LogP contribution in [0.2, 0.25) is 0 Å². The van der Waals surface area contributed by atoms with Crippen LogP contribution in [0.1, 0.15) is 41.5 Å². The number of aromatic nitrogens is 2. The van der Waals surface area contributed by atoms with Crippen molar-refractivity contribution in [2.24, 2.45) is 0 Å². The minimum atomic E-state index is 0.0465. The van der Waals surface area contributed by atoms with Gasteiger partial charge in [-0.3, -0.25) is 4.79 Å². The first-order valence-corrected chi connectivity index (χ1v) is 8.12. The summed E-state index contributed by atoms with van der Waals surface area (Å²) in [5, 5.41) is 2.12. The lowest BCUT2D eigenvalue weighted by Gasteiger charge is -2.34. The van der Waals surface area contributed by atoms with Crippen molar-refractivity contribution in [3.63, 3.8) is 0 Å². The average molecular weight is 305 g/mol. The number of amides is 1. The molecule has 0 aliphatic carbocycles. The van der Waals surface area contributed by atoms with E-state index in [0.717, 1.165) is 48.0 Å². The molecule has 2 aromatic carbocycles. The van der Waals surface area contributed by atoms with E-state index in [1.807, 2.05) is 53.6 Å². The van der Waals surface area contributed by atoms with Gasteiger partial charge in [-0.1, -0.05) is 36.4 Å². The van der Waals surface area contributed by atoms with Gasteiger partial charge in [-0.2, -0.15) is 0 Å². The first-order chi connectivity index (χ1) is 11.3. The molecule has 1 amide bonds. The maximum absolute atomic E-state index is 13.2. The molecule has 0 bridgehead atoms. The number of carbonyl (C=O) groups is 1. The monoisotopic (exact) mass is 305 g/mol. The SMILES string of the molecule is O=C(c1cccc2ccccc12)N1CCCCC1c1ncc[nH]1. The van der Waals surface area contributed by atoms with Crippen molar-refractivity contribution in [3.05, 3.63) is 66.2 Å². The van der Waals surface area contributed by atoms with Crippen LogP contribution in [0.25, 0.3) is 10.8 Å². The standard InChI is InChI=1S/C19H19N3O/c23-19(16-9-5-7-14-6-1-2-8-15(14)16)22-13-4-3-10-17(22)18-20-11-12-21-18/h1-2,5-9,11-12,17H,3-4,10,13H2,(H,20,21). The second-order valence-electron chi connectivity index (χ2n) is 6.01. The van der Waals surface area contributed by atoms with E-state index in [2.05, 4.69) is 9.97 Å². The molecule has 4 nitrogen and oxygen atoms in total. The summed E-state index contributed by atoms with van der Waals surface area (Å²) in [6.45, 7) is 0.785. The predicted octanol–water partition coefficient (Wildman–Crippen LogP) is 3.93. The van der Waals surface area contributed by atoms with Gasteiger partial charge in [-0.05, 0) is 36.1 Å². The number of benzene rings is 2. The Kier molecular flexibility index (Phi) is 3.58. The van der Waals surface area contributed by atoms with Gasteiger partial charge in [0.15, 0.2) is 0 Å². The van der Waals surface area contributed by atoms with Crippen LogP contribution >= 0.6 is 0 Å². The second-order valence-corrected chi connectivity index (χ2v) is 6.01. The van der Waals surface area contributed by atoms with Gasteiger partial charge in [0.1, 0.15) is 5.82 Å². The van der Waals surface area contributed by atoms with Crippen LogP contribution in [-0.2, 0) is 0 Å². The lowest BCUT2D eigenvalue weighted by molar-refractivity contribution is 0.0603. The summed E-state index contributed by atoms with van der Waals surface area (Å²) in [6.07, 6.45) is 6.72. The van der Waals surface area contributed by atoms with Crippen LogP contribution in [-0.4, -0.2) is 27.3 Å². The van der Waals surface area contributed by atoms with Crippen molar-refractivity contribution in [1.29, 1.82) is 0 Å². The van der Waals surface area contributed by atoms with Crippen molar-refractivity contribution < 1.29 is 4.79 Å². The van der Waals surface area contributed by atoms with E-state index in [4.69, 9.17) is 0 Å². The molecule has 1 saturated heterocycles. The molecule has 0 radical (unpaired) electrons. The Morgan fingerprint density at radius 2 is 2.00 bits per heavy atom. The van der Waals surface area contributed by atoms with E-state index < -0.39 is 0 Å². The van der Waals surface area contributed by atoms with E-state index in [-0.39, 0.29) is 11.9 Å². The van der Waals surface area contributed by atoms with Crippen molar-refractivity contribution in [2.45, 2.75) is 25.3 Å². The van der Waals surface area contributed by atoms with E-state index in [0.29, 0.717) is 0 Å². The van der Waals surface area contributed by atoms with Crippen LogP contribution in [0.3, 0.4) is 0 Å². The molecule has 1 unspecified atom stereocenters. The first kappa shape index (κ1) is 14.0. The number of piperidine rings is 1. The van der Waals surface area contributed by atoms with E-state index in [9.17, 15) is 4.79 Å². The molecule has 0 spiro atoms. The Balaban J connectivity index is 1.74. The summed E-state index contributed by atoms with van der Waals surface area (Å²) in [5.74, 6) is 0.987. The highest BCUT2D eigenvalue weighted by molar-refractivity contribution is 6.07. The van der Waals surface area contributed by atoms with Gasteiger partial charge < -0.3 is 9.88 Å². The van der Waals surface area contributed by atoms with Crippen LogP contribution in [0.5, 0.6) is 0 Å². The Labute approximate surface area is 135 Å². The van der Waals surface area contributed by atoms with Crippen molar-refractivity contribution >= 4 is 16.7 Å². The summed E-state index contributed by atoms with van der Waals surface area (Å²) in [4.78, 5) is 22.7. The molecule has 3 aromatic rings. The largest absolute Gasteiger partial charge is 0.347 e. The van der Waals surface area contributed by atoms with Gasteiger partial charge in [0.05, 0.1) is 6.04 Å². The molecule has 1 aliphatic rings. The molecule has 2 heterocycles. The van der Waals surface area contributed by atoms with E-state index >= 15 is 0 Å². The Morgan fingerprint density at radius 3 is 2.87 bits per heavy atom. The summed E-state index contributed by atoms with van der Waals surface area (Å²) in [6, 6.07) is 14.0. The topological polar surface area (TPSA) is 49.0 Å². The van der Waals surface area contributed by atoms with Gasteiger partial charge in [-0.25, -0.2) is 4.98 Å². The number of likely N-dealkylation sites (tertiary alicyclic amines) is 1. The molecule has 1 aromatic heterocycles. The van der Waals surface area contributed by atoms with Crippen LogP contribution in [0, 0.1) is 0 Å². The summed E-state index contributed by atoms with van der Waals surface area (Å²) in [5.41, 5.74) is 0.779. The highest BCUT2D eigenvalue weighted by atomic mass is 16.2. The molecule has 0 saturated carbocycles. The van der Waals surface area contributed by atoms with Crippen molar-refractivity contribution in [3.8, 4) is 0 Å². The van der Waals surface area contributed by atoms with Crippen LogP contribution in [0.4, 0.5) is 0 Å². The summed E-state index contributed by atoms with van der Waals surface area (Å²) in [7, 11) is 0. The van der Waals surface area contributed by atoms with Crippen molar-refractivity contribution in [1.82, 2.24) is 14.9 Å². The molecule has 23 heavy (non-hydrogen) atoms. The summed E-state index contributed by atoms with van der Waals surface area (Å²) < 4.78 is 0. The predicted molar refractivity (Wildman–Crippen MR) is 90.2 cm³/mol. The number of imidazole rings is 1. The normalized spacial score (nSPS) is 18.3. The zero-order chi connectivity index (χ0) is 15.6. The maximum atomic E-state index is 13.2.